The quantitative estimate of drug-likeness (QED) is 0.369. The highest BCUT2D eigenvalue weighted by molar-refractivity contribution is 7.86. The molecule has 1 N–H and O–H groups in total. The lowest BCUT2D eigenvalue weighted by atomic mass is 10.1. The third-order valence-electron chi connectivity index (χ3n) is 7.32. The Morgan fingerprint density at radius 2 is 1.90 bits per heavy atom. The van der Waals surface area contributed by atoms with Gasteiger partial charge in [0, 0.05) is 65.2 Å². The van der Waals surface area contributed by atoms with Gasteiger partial charge in [0.05, 0.1) is 11.7 Å². The number of nitrogens with zero attached hydrogens (tertiary/aromatic N) is 7. The lowest BCUT2D eigenvalue weighted by Gasteiger charge is -2.41. The highest BCUT2D eigenvalue weighted by Gasteiger charge is 2.38. The Morgan fingerprint density at radius 3 is 2.62 bits per heavy atom. The van der Waals surface area contributed by atoms with Gasteiger partial charge in [-0.25, -0.2) is 9.97 Å². The van der Waals surface area contributed by atoms with E-state index in [0.717, 1.165) is 17.0 Å². The van der Waals surface area contributed by atoms with E-state index in [1.54, 1.807) is 23.3 Å². The number of nitrogens with one attached hydrogen (secondary N) is 1. The van der Waals surface area contributed by atoms with E-state index < -0.39 is 16.3 Å². The van der Waals surface area contributed by atoms with E-state index in [9.17, 15) is 13.2 Å². The number of carbonyl (C=O) groups excluding carboxylic acids is 1. The molecule has 1 amide bonds. The van der Waals surface area contributed by atoms with Crippen molar-refractivity contribution >= 4 is 21.9 Å². The average Bonchev–Trinajstić information content (AvgIpc) is 3.52. The van der Waals surface area contributed by atoms with Gasteiger partial charge < -0.3 is 19.7 Å². The molecular weight excluding hydrogens is 560 g/mol. The number of piperazine rings is 1. The fraction of sp³-hybridized carbons (Fsp3) is 0.500. The molecule has 4 heterocycles. The predicted octanol–water partition coefficient (Wildman–Crippen LogP) is 1.60. The second-order valence-corrected chi connectivity index (χ2v) is 13.0. The van der Waals surface area contributed by atoms with Crippen LogP contribution in [0, 0.1) is 0 Å². The van der Waals surface area contributed by atoms with Gasteiger partial charge >= 0.3 is 0 Å². The number of ether oxygens (including phenoxy) is 2. The highest BCUT2D eigenvalue weighted by Crippen LogP contribution is 2.31. The van der Waals surface area contributed by atoms with Crippen molar-refractivity contribution in [3.8, 4) is 17.4 Å². The topological polar surface area (TPSA) is 135 Å². The summed E-state index contributed by atoms with van der Waals surface area (Å²) in [5.74, 6) is 2.54. The molecule has 1 aromatic carbocycles. The summed E-state index contributed by atoms with van der Waals surface area (Å²) in [5.41, 5.74) is 1.87. The molecule has 1 atom stereocenters. The summed E-state index contributed by atoms with van der Waals surface area (Å²) in [7, 11) is -0.743. The highest BCUT2D eigenvalue weighted by atomic mass is 32.2. The summed E-state index contributed by atoms with van der Waals surface area (Å²) < 4.78 is 42.1. The Bertz CT molecular complexity index is 1500. The summed E-state index contributed by atoms with van der Waals surface area (Å²) in [6, 6.07) is 7.11. The molecule has 5 rings (SSSR count). The van der Waals surface area contributed by atoms with Gasteiger partial charge in [-0.3, -0.25) is 9.36 Å². The molecule has 0 radical (unpaired) electrons. The second-order valence-electron chi connectivity index (χ2n) is 10.9. The van der Waals surface area contributed by atoms with E-state index in [2.05, 4.69) is 24.1 Å². The van der Waals surface area contributed by atoms with Crippen LogP contribution in [0.25, 0.3) is 5.95 Å². The van der Waals surface area contributed by atoms with E-state index >= 15 is 0 Å². The first-order chi connectivity index (χ1) is 20.1. The van der Waals surface area contributed by atoms with Crippen LogP contribution in [0.1, 0.15) is 37.4 Å². The number of hydrogen-bond acceptors (Lipinski definition) is 9. The molecule has 0 aliphatic carbocycles. The molecule has 2 aliphatic rings. The fourth-order valence-corrected chi connectivity index (χ4v) is 6.24. The number of rotatable bonds is 10. The molecule has 2 aliphatic heterocycles. The summed E-state index contributed by atoms with van der Waals surface area (Å²) in [6.07, 6.45) is 5.71. The number of carbonyl (C=O) groups is 1. The maximum absolute atomic E-state index is 13.2. The predicted molar refractivity (Wildman–Crippen MR) is 157 cm³/mol. The monoisotopic (exact) mass is 598 g/mol. The lowest BCUT2D eigenvalue weighted by Crippen LogP contribution is -2.58. The van der Waals surface area contributed by atoms with Crippen LogP contribution in [0.3, 0.4) is 0 Å². The van der Waals surface area contributed by atoms with Crippen LogP contribution >= 0.6 is 0 Å². The number of aromatic nitrogens is 4. The van der Waals surface area contributed by atoms with Crippen molar-refractivity contribution in [3.63, 3.8) is 0 Å². The zero-order valence-corrected chi connectivity index (χ0v) is 25.2. The zero-order chi connectivity index (χ0) is 29.9. The number of fused-ring (bicyclic) bond motifs is 1. The standard InChI is InChI=1S/C28H38N8O5S/c1-20(2)23-17-26(32-28(31-23)35-10-9-29-19-35)34-11-12-36(42(38,39)33(3)4)22(18-34)16-27(37)30-8-7-21-5-6-24-25(15-21)41-14-13-40-24/h5-6,9-10,15,17,19-20,22H,7-8,11-14,16,18H2,1-4H3,(H,30,37). The summed E-state index contributed by atoms with van der Waals surface area (Å²) in [4.78, 5) is 28.7. The molecule has 13 nitrogen and oxygen atoms in total. The Labute approximate surface area is 246 Å². The molecule has 1 saturated heterocycles. The zero-order valence-electron chi connectivity index (χ0n) is 24.4. The maximum atomic E-state index is 13.2. The van der Waals surface area contributed by atoms with Crippen LogP contribution in [-0.2, 0) is 21.4 Å². The van der Waals surface area contributed by atoms with Gasteiger partial charge in [-0.1, -0.05) is 19.9 Å². The molecule has 226 valence electrons. The molecule has 1 fully saturated rings. The van der Waals surface area contributed by atoms with Crippen LogP contribution in [-0.4, -0.2) is 102 Å². The first-order valence-corrected chi connectivity index (χ1v) is 15.5. The fourth-order valence-electron chi connectivity index (χ4n) is 4.99. The summed E-state index contributed by atoms with van der Waals surface area (Å²) >= 11 is 0. The molecule has 0 saturated carbocycles. The van der Waals surface area contributed by atoms with Crippen molar-refractivity contribution in [1.82, 2.24) is 33.4 Å². The Hall–Kier alpha value is -3.75. The van der Waals surface area contributed by atoms with Crippen molar-refractivity contribution in [2.45, 2.75) is 38.6 Å². The Morgan fingerprint density at radius 1 is 1.12 bits per heavy atom. The molecule has 0 spiro atoms. The van der Waals surface area contributed by atoms with Gasteiger partial charge in [-0.15, -0.1) is 0 Å². The number of benzene rings is 1. The van der Waals surface area contributed by atoms with Crippen molar-refractivity contribution < 1.29 is 22.7 Å². The summed E-state index contributed by atoms with van der Waals surface area (Å²) in [6.45, 7) is 6.52. The van der Waals surface area contributed by atoms with Crippen molar-refractivity contribution in [2.24, 2.45) is 0 Å². The van der Waals surface area contributed by atoms with Gasteiger partial charge in [0.25, 0.3) is 10.2 Å². The van der Waals surface area contributed by atoms with Crippen LogP contribution in [0.15, 0.2) is 43.0 Å². The minimum atomic E-state index is -3.75. The molecule has 1 unspecified atom stereocenters. The van der Waals surface area contributed by atoms with Crippen molar-refractivity contribution in [1.29, 1.82) is 0 Å². The smallest absolute Gasteiger partial charge is 0.281 e. The largest absolute Gasteiger partial charge is 0.486 e. The third-order valence-corrected chi connectivity index (χ3v) is 9.32. The summed E-state index contributed by atoms with van der Waals surface area (Å²) in [5, 5.41) is 2.97. The molecule has 42 heavy (non-hydrogen) atoms. The van der Waals surface area contributed by atoms with Crippen LogP contribution in [0.2, 0.25) is 0 Å². The van der Waals surface area contributed by atoms with Gasteiger partial charge in [0.15, 0.2) is 11.5 Å². The molecule has 0 bridgehead atoms. The van der Waals surface area contributed by atoms with Crippen molar-refractivity contribution in [3.05, 3.63) is 54.2 Å². The van der Waals surface area contributed by atoms with E-state index in [-0.39, 0.29) is 24.8 Å². The Kier molecular flexibility index (Phi) is 8.94. The third kappa shape index (κ3) is 6.66. The first kappa shape index (κ1) is 29.7. The number of imidazole rings is 1. The molecule has 2 aromatic heterocycles. The number of hydrogen-bond donors (Lipinski definition) is 1. The minimum Gasteiger partial charge on any atom is -0.486 e. The van der Waals surface area contributed by atoms with Crippen LogP contribution in [0.4, 0.5) is 5.82 Å². The Balaban J connectivity index is 1.30. The average molecular weight is 599 g/mol. The molecular formula is C28H38N8O5S. The lowest BCUT2D eigenvalue weighted by molar-refractivity contribution is -0.121. The maximum Gasteiger partial charge on any atom is 0.281 e. The van der Waals surface area contributed by atoms with E-state index in [0.29, 0.717) is 56.8 Å². The number of anilines is 1. The number of amides is 1. The van der Waals surface area contributed by atoms with Gasteiger partial charge in [0.1, 0.15) is 25.4 Å². The van der Waals surface area contributed by atoms with Gasteiger partial charge in [0.2, 0.25) is 11.9 Å². The minimum absolute atomic E-state index is 0.0151. The van der Waals surface area contributed by atoms with Crippen LogP contribution in [0.5, 0.6) is 11.5 Å². The first-order valence-electron chi connectivity index (χ1n) is 14.1. The normalized spacial score (nSPS) is 17.6. The molecule has 14 heteroatoms. The SMILES string of the molecule is CC(C)c1cc(N2CCN(S(=O)(=O)N(C)C)C(CC(=O)NCCc3ccc4c(c3)OCCO4)C2)nc(-n2ccnc2)n1. The van der Waals surface area contributed by atoms with Crippen molar-refractivity contribution in [2.75, 3.05) is 58.4 Å². The second kappa shape index (κ2) is 12.6. The van der Waals surface area contributed by atoms with E-state index in [4.69, 9.17) is 19.4 Å². The van der Waals surface area contributed by atoms with Crippen LogP contribution < -0.4 is 19.7 Å². The van der Waals surface area contributed by atoms with Gasteiger partial charge in [-0.05, 0) is 30.0 Å². The van der Waals surface area contributed by atoms with E-state index in [1.807, 2.05) is 29.2 Å². The van der Waals surface area contributed by atoms with Gasteiger partial charge in [-0.2, -0.15) is 22.0 Å². The van der Waals surface area contributed by atoms with E-state index in [1.165, 1.54) is 22.7 Å². The molecule has 3 aromatic rings.